The summed E-state index contributed by atoms with van der Waals surface area (Å²) in [6.07, 6.45) is 0.262. The lowest BCUT2D eigenvalue weighted by atomic mass is 9.96. The SMILES string of the molecule is [C-]#[N+]c1ccc(CC(=O)c2cccc(OC(C)(C)c3ccc(C(C)=O)cc3)c2)cc1. The van der Waals surface area contributed by atoms with Crippen LogP contribution in [0, 0.1) is 6.57 Å². The quantitative estimate of drug-likeness (QED) is 0.353. The van der Waals surface area contributed by atoms with Crippen molar-refractivity contribution < 1.29 is 14.3 Å². The number of carbonyl (C=O) groups is 2. The van der Waals surface area contributed by atoms with E-state index in [1.807, 2.05) is 32.0 Å². The number of hydrogen-bond donors (Lipinski definition) is 0. The first-order valence-electron chi connectivity index (χ1n) is 9.68. The van der Waals surface area contributed by atoms with Gasteiger partial charge in [-0.2, -0.15) is 0 Å². The Morgan fingerprint density at radius 3 is 2.20 bits per heavy atom. The molecule has 0 radical (unpaired) electrons. The number of Topliss-reactive ketones (excluding diaryl/α,β-unsaturated/α-hetero) is 2. The molecule has 0 aliphatic rings. The van der Waals surface area contributed by atoms with Gasteiger partial charge in [-0.3, -0.25) is 9.59 Å². The van der Waals surface area contributed by atoms with E-state index in [0.717, 1.165) is 11.1 Å². The van der Waals surface area contributed by atoms with Crippen LogP contribution in [0.5, 0.6) is 5.75 Å². The molecule has 3 aromatic rings. The second-order valence-corrected chi connectivity index (χ2v) is 7.65. The van der Waals surface area contributed by atoms with Crippen molar-refractivity contribution >= 4 is 17.3 Å². The molecule has 0 aliphatic carbocycles. The van der Waals surface area contributed by atoms with E-state index in [-0.39, 0.29) is 18.0 Å². The highest BCUT2D eigenvalue weighted by atomic mass is 16.5. The van der Waals surface area contributed by atoms with E-state index in [0.29, 0.717) is 22.6 Å². The number of benzene rings is 3. The first-order valence-corrected chi connectivity index (χ1v) is 9.68. The van der Waals surface area contributed by atoms with Crippen molar-refractivity contribution in [2.24, 2.45) is 0 Å². The van der Waals surface area contributed by atoms with Crippen LogP contribution in [0.1, 0.15) is 52.6 Å². The molecule has 0 amide bonds. The van der Waals surface area contributed by atoms with Crippen LogP contribution in [0.4, 0.5) is 5.69 Å². The second kappa shape index (κ2) is 8.75. The lowest BCUT2D eigenvalue weighted by Gasteiger charge is -2.27. The van der Waals surface area contributed by atoms with Gasteiger partial charge in [-0.15, -0.1) is 0 Å². The van der Waals surface area contributed by atoms with Crippen molar-refractivity contribution in [3.8, 4) is 5.75 Å². The molecule has 0 aliphatic heterocycles. The van der Waals surface area contributed by atoms with Gasteiger partial charge in [0, 0.05) is 17.5 Å². The highest BCUT2D eigenvalue weighted by molar-refractivity contribution is 5.98. The molecule has 0 bridgehead atoms. The first-order chi connectivity index (χ1) is 14.3. The van der Waals surface area contributed by atoms with Crippen LogP contribution in [0.3, 0.4) is 0 Å². The Bertz CT molecular complexity index is 1100. The lowest BCUT2D eigenvalue weighted by Crippen LogP contribution is -2.25. The standard InChI is InChI=1S/C26H23NO3/c1-18(28)20-10-12-22(13-11-20)26(2,3)30-24-7-5-6-21(17-24)25(29)16-19-8-14-23(27-4)15-9-19/h5-15,17H,16H2,1-3H3. The highest BCUT2D eigenvalue weighted by Gasteiger charge is 2.23. The van der Waals surface area contributed by atoms with Gasteiger partial charge >= 0.3 is 0 Å². The van der Waals surface area contributed by atoms with Crippen LogP contribution >= 0.6 is 0 Å². The van der Waals surface area contributed by atoms with Crippen LogP contribution < -0.4 is 4.74 Å². The minimum Gasteiger partial charge on any atom is -0.483 e. The molecule has 150 valence electrons. The Morgan fingerprint density at radius 2 is 1.60 bits per heavy atom. The topological polar surface area (TPSA) is 47.7 Å². The highest BCUT2D eigenvalue weighted by Crippen LogP contribution is 2.29. The summed E-state index contributed by atoms with van der Waals surface area (Å²) in [5, 5.41) is 0. The number of nitrogens with zero attached hydrogens (tertiary/aromatic N) is 1. The van der Waals surface area contributed by atoms with Crippen LogP contribution in [0.25, 0.3) is 4.85 Å². The molecule has 3 aromatic carbocycles. The fourth-order valence-corrected chi connectivity index (χ4v) is 3.17. The zero-order valence-electron chi connectivity index (χ0n) is 17.3. The Kier molecular flexibility index (Phi) is 6.13. The summed E-state index contributed by atoms with van der Waals surface area (Å²) in [7, 11) is 0. The van der Waals surface area contributed by atoms with Crippen LogP contribution in [-0.2, 0) is 12.0 Å². The predicted molar refractivity (Wildman–Crippen MR) is 117 cm³/mol. The molecule has 0 atom stereocenters. The molecular weight excluding hydrogens is 374 g/mol. The minimum atomic E-state index is -0.632. The molecule has 4 nitrogen and oxygen atoms in total. The first kappa shape index (κ1) is 21.0. The molecule has 0 N–H and O–H groups in total. The number of carbonyl (C=O) groups excluding carboxylic acids is 2. The number of rotatable bonds is 7. The van der Waals surface area contributed by atoms with Crippen molar-refractivity contribution in [2.45, 2.75) is 32.8 Å². The maximum absolute atomic E-state index is 12.7. The third-order valence-electron chi connectivity index (χ3n) is 4.95. The molecule has 3 rings (SSSR count). The Labute approximate surface area is 177 Å². The Balaban J connectivity index is 1.74. The number of hydrogen-bond acceptors (Lipinski definition) is 3. The number of ether oxygens (including phenoxy) is 1. The fraction of sp³-hybridized carbons (Fsp3) is 0.192. The van der Waals surface area contributed by atoms with E-state index in [2.05, 4.69) is 4.85 Å². The summed E-state index contributed by atoms with van der Waals surface area (Å²) in [6, 6.07) is 21.6. The van der Waals surface area contributed by atoms with Crippen molar-refractivity contribution in [3.05, 3.63) is 106 Å². The largest absolute Gasteiger partial charge is 0.483 e. The van der Waals surface area contributed by atoms with Gasteiger partial charge in [0.05, 0.1) is 6.57 Å². The Hall–Kier alpha value is -3.71. The maximum Gasteiger partial charge on any atom is 0.187 e. The molecule has 30 heavy (non-hydrogen) atoms. The van der Waals surface area contributed by atoms with E-state index in [1.165, 1.54) is 6.92 Å². The lowest BCUT2D eigenvalue weighted by molar-refractivity contribution is 0.0983. The van der Waals surface area contributed by atoms with Gasteiger partial charge in [-0.1, -0.05) is 60.7 Å². The smallest absolute Gasteiger partial charge is 0.187 e. The summed E-state index contributed by atoms with van der Waals surface area (Å²) in [6.45, 7) is 12.4. The van der Waals surface area contributed by atoms with E-state index in [9.17, 15) is 9.59 Å². The predicted octanol–water partition coefficient (Wildman–Crippen LogP) is 6.18. The average molecular weight is 397 g/mol. The molecule has 0 saturated carbocycles. The average Bonchev–Trinajstić information content (AvgIpc) is 2.74. The van der Waals surface area contributed by atoms with Crippen molar-refractivity contribution in [2.75, 3.05) is 0 Å². The molecule has 0 unspecified atom stereocenters. The van der Waals surface area contributed by atoms with Gasteiger partial charge in [0.15, 0.2) is 17.3 Å². The Morgan fingerprint density at radius 1 is 0.933 bits per heavy atom. The zero-order valence-corrected chi connectivity index (χ0v) is 17.3. The molecule has 4 heteroatoms. The van der Waals surface area contributed by atoms with Gasteiger partial charge in [0.1, 0.15) is 11.4 Å². The van der Waals surface area contributed by atoms with E-state index in [4.69, 9.17) is 11.3 Å². The van der Waals surface area contributed by atoms with Gasteiger partial charge < -0.3 is 4.74 Å². The van der Waals surface area contributed by atoms with Gasteiger partial charge in [-0.05, 0) is 44.0 Å². The zero-order chi connectivity index (χ0) is 21.7. The van der Waals surface area contributed by atoms with Gasteiger partial charge in [-0.25, -0.2) is 4.85 Å². The molecular formula is C26H23NO3. The summed E-state index contributed by atoms with van der Waals surface area (Å²) in [4.78, 5) is 27.6. The fourth-order valence-electron chi connectivity index (χ4n) is 3.17. The van der Waals surface area contributed by atoms with Crippen molar-refractivity contribution in [1.29, 1.82) is 0 Å². The normalized spacial score (nSPS) is 10.9. The molecule has 0 heterocycles. The molecule has 0 aromatic heterocycles. The van der Waals surface area contributed by atoms with Gasteiger partial charge in [0.2, 0.25) is 0 Å². The van der Waals surface area contributed by atoms with E-state index in [1.54, 1.807) is 54.6 Å². The molecule has 0 saturated heterocycles. The summed E-state index contributed by atoms with van der Waals surface area (Å²) in [5.41, 5.74) is 2.96. The monoisotopic (exact) mass is 397 g/mol. The van der Waals surface area contributed by atoms with Crippen LogP contribution in [0.2, 0.25) is 0 Å². The summed E-state index contributed by atoms with van der Waals surface area (Å²) >= 11 is 0. The third kappa shape index (κ3) is 5.01. The van der Waals surface area contributed by atoms with Crippen LogP contribution in [-0.4, -0.2) is 11.6 Å². The number of ketones is 2. The van der Waals surface area contributed by atoms with Crippen molar-refractivity contribution in [1.82, 2.24) is 0 Å². The van der Waals surface area contributed by atoms with E-state index < -0.39 is 5.60 Å². The summed E-state index contributed by atoms with van der Waals surface area (Å²) in [5.74, 6) is 0.611. The minimum absolute atomic E-state index is 0.0142. The van der Waals surface area contributed by atoms with E-state index >= 15 is 0 Å². The maximum atomic E-state index is 12.7. The second-order valence-electron chi connectivity index (χ2n) is 7.65. The molecule has 0 spiro atoms. The summed E-state index contributed by atoms with van der Waals surface area (Å²) < 4.78 is 6.19. The van der Waals surface area contributed by atoms with Crippen molar-refractivity contribution in [3.63, 3.8) is 0 Å². The van der Waals surface area contributed by atoms with Gasteiger partial charge in [0.25, 0.3) is 0 Å². The third-order valence-corrected chi connectivity index (χ3v) is 4.95. The van der Waals surface area contributed by atoms with Crippen LogP contribution in [0.15, 0.2) is 72.8 Å². The molecule has 0 fully saturated rings.